The van der Waals surface area contributed by atoms with Crippen LogP contribution in [-0.2, 0) is 19.5 Å². The summed E-state index contributed by atoms with van der Waals surface area (Å²) in [7, 11) is -3.70. The second-order valence-electron chi connectivity index (χ2n) is 4.51. The third kappa shape index (κ3) is 1.40. The molecule has 2 aromatic rings. The zero-order chi connectivity index (χ0) is 13.7. The molecule has 1 aliphatic heterocycles. The van der Waals surface area contributed by atoms with Gasteiger partial charge >= 0.3 is 0 Å². The van der Waals surface area contributed by atoms with Crippen LogP contribution in [0.2, 0.25) is 0 Å². The first-order chi connectivity index (χ1) is 8.98. The monoisotopic (exact) mass is 276 g/mol. The highest BCUT2D eigenvalue weighted by molar-refractivity contribution is 7.92. The number of fused-ring (bicyclic) bond motifs is 1. The van der Waals surface area contributed by atoms with Crippen LogP contribution in [0.5, 0.6) is 0 Å². The van der Waals surface area contributed by atoms with Gasteiger partial charge in [0, 0.05) is 29.9 Å². The van der Waals surface area contributed by atoms with Gasteiger partial charge in [0.05, 0.1) is 0 Å². The third-order valence-corrected chi connectivity index (χ3v) is 5.04. The van der Waals surface area contributed by atoms with E-state index in [9.17, 15) is 13.2 Å². The van der Waals surface area contributed by atoms with Crippen LogP contribution in [0.3, 0.4) is 0 Å². The number of carbonyl (C=O) groups is 1. The van der Waals surface area contributed by atoms with Gasteiger partial charge in [-0.3, -0.25) is 4.79 Å². The minimum Gasteiger partial charge on any atom is -0.323 e. The van der Waals surface area contributed by atoms with E-state index in [1.165, 1.54) is 4.57 Å². The highest BCUT2D eigenvalue weighted by Crippen LogP contribution is 2.42. The quantitative estimate of drug-likeness (QED) is 0.895. The molecule has 0 fully saturated rings. The molecule has 3 rings (SSSR count). The van der Waals surface area contributed by atoms with Crippen molar-refractivity contribution >= 4 is 21.4 Å². The molecule has 5 nitrogen and oxygen atoms in total. The minimum atomic E-state index is -3.70. The zero-order valence-electron chi connectivity index (χ0n) is 10.2. The fraction of sp³-hybridized carbons (Fsp3) is 0.154. The van der Waals surface area contributed by atoms with Crippen LogP contribution < -0.4 is 5.32 Å². The maximum atomic E-state index is 12.4. The average Bonchev–Trinajstić information content (AvgIpc) is 2.92. The third-order valence-electron chi connectivity index (χ3n) is 3.35. The van der Waals surface area contributed by atoms with Crippen LogP contribution in [0.25, 0.3) is 0 Å². The van der Waals surface area contributed by atoms with Gasteiger partial charge in [0.2, 0.25) is 0 Å². The van der Waals surface area contributed by atoms with E-state index in [0.29, 0.717) is 11.3 Å². The lowest BCUT2D eigenvalue weighted by molar-refractivity contribution is -0.118. The van der Waals surface area contributed by atoms with E-state index in [0.717, 1.165) is 6.26 Å². The van der Waals surface area contributed by atoms with E-state index >= 15 is 0 Å². The largest absolute Gasteiger partial charge is 0.323 e. The van der Waals surface area contributed by atoms with Gasteiger partial charge in [-0.25, -0.2) is 8.42 Å². The highest BCUT2D eigenvalue weighted by atomic mass is 32.2. The predicted octanol–water partition coefficient (Wildman–Crippen LogP) is 1.19. The van der Waals surface area contributed by atoms with Gasteiger partial charge in [-0.1, -0.05) is 18.2 Å². The Morgan fingerprint density at radius 2 is 1.74 bits per heavy atom. The van der Waals surface area contributed by atoms with Gasteiger partial charge < -0.3 is 9.88 Å². The summed E-state index contributed by atoms with van der Waals surface area (Å²) >= 11 is 0. The topological polar surface area (TPSA) is 68.2 Å². The molecular formula is C13H12N2O3S. The standard InChI is InChI=1S/C13H12N2O3S/c1-19(17,18)13(15-8-4-5-9-15)10-6-2-3-7-11(10)14-12(13)16/h2-9H,1H3,(H,14,16). The normalized spacial score (nSPS) is 22.1. The SMILES string of the molecule is CS(=O)(=O)C1(n2cccc2)C(=O)Nc2ccccc21. The Hall–Kier alpha value is -2.08. The number of rotatable bonds is 2. The minimum absolute atomic E-state index is 0.457. The summed E-state index contributed by atoms with van der Waals surface area (Å²) in [4.78, 5) is 10.7. The Kier molecular flexibility index (Phi) is 2.34. The van der Waals surface area contributed by atoms with E-state index < -0.39 is 20.6 Å². The molecule has 0 spiro atoms. The van der Waals surface area contributed by atoms with E-state index in [1.807, 2.05) is 0 Å². The molecular weight excluding hydrogens is 264 g/mol. The molecule has 0 saturated heterocycles. The Morgan fingerprint density at radius 1 is 1.11 bits per heavy atom. The molecule has 0 bridgehead atoms. The van der Waals surface area contributed by atoms with Gasteiger partial charge in [0.25, 0.3) is 10.8 Å². The number of hydrogen-bond acceptors (Lipinski definition) is 3. The molecule has 1 unspecified atom stereocenters. The van der Waals surface area contributed by atoms with Crippen molar-refractivity contribution in [2.45, 2.75) is 4.87 Å². The molecule has 0 saturated carbocycles. The molecule has 2 heterocycles. The van der Waals surface area contributed by atoms with E-state index in [4.69, 9.17) is 0 Å². The van der Waals surface area contributed by atoms with Crippen molar-refractivity contribution < 1.29 is 13.2 Å². The first kappa shape index (κ1) is 12.0. The maximum absolute atomic E-state index is 12.4. The molecule has 19 heavy (non-hydrogen) atoms. The molecule has 6 heteroatoms. The molecule has 1 aromatic heterocycles. The zero-order valence-corrected chi connectivity index (χ0v) is 11.0. The number of aromatic nitrogens is 1. The van der Waals surface area contributed by atoms with Gasteiger partial charge in [-0.15, -0.1) is 0 Å². The lowest BCUT2D eigenvalue weighted by Gasteiger charge is -2.27. The van der Waals surface area contributed by atoms with E-state index in [-0.39, 0.29) is 0 Å². The Bertz CT molecular complexity index is 750. The number of nitrogens with one attached hydrogen (secondary N) is 1. The molecule has 1 aromatic carbocycles. The van der Waals surface area contributed by atoms with Crippen molar-refractivity contribution in [2.75, 3.05) is 11.6 Å². The Balaban J connectivity index is 2.43. The van der Waals surface area contributed by atoms with Crippen LogP contribution in [0.15, 0.2) is 48.8 Å². The number of carbonyl (C=O) groups excluding carboxylic acids is 1. The van der Waals surface area contributed by atoms with Gasteiger partial charge in [0.1, 0.15) is 0 Å². The fourth-order valence-corrected chi connectivity index (χ4v) is 4.05. The molecule has 1 N–H and O–H groups in total. The summed E-state index contributed by atoms with van der Waals surface area (Å²) in [5.41, 5.74) is 0.991. The number of para-hydroxylation sites is 1. The molecule has 0 aliphatic carbocycles. The molecule has 98 valence electrons. The smallest absolute Gasteiger partial charge is 0.271 e. The first-order valence-electron chi connectivity index (χ1n) is 5.72. The van der Waals surface area contributed by atoms with Gasteiger partial charge in [-0.2, -0.15) is 0 Å². The van der Waals surface area contributed by atoms with Crippen molar-refractivity contribution in [1.82, 2.24) is 4.57 Å². The van der Waals surface area contributed by atoms with Gasteiger partial charge in [-0.05, 0) is 18.2 Å². The molecule has 1 amide bonds. The number of amides is 1. The van der Waals surface area contributed by atoms with Crippen molar-refractivity contribution in [3.63, 3.8) is 0 Å². The molecule has 1 atom stereocenters. The fourth-order valence-electron chi connectivity index (χ4n) is 2.58. The second kappa shape index (κ2) is 3.71. The van der Waals surface area contributed by atoms with Crippen LogP contribution >= 0.6 is 0 Å². The summed E-state index contributed by atoms with van der Waals surface area (Å²) < 4.78 is 26.1. The highest BCUT2D eigenvalue weighted by Gasteiger charge is 2.56. The summed E-state index contributed by atoms with van der Waals surface area (Å²) in [6.45, 7) is 0. The summed E-state index contributed by atoms with van der Waals surface area (Å²) in [5, 5.41) is 2.64. The van der Waals surface area contributed by atoms with Crippen molar-refractivity contribution in [1.29, 1.82) is 0 Å². The summed E-state index contributed by atoms with van der Waals surface area (Å²) in [6, 6.07) is 10.2. The molecule has 0 radical (unpaired) electrons. The average molecular weight is 276 g/mol. The summed E-state index contributed by atoms with van der Waals surface area (Å²) in [6.07, 6.45) is 4.25. The Morgan fingerprint density at radius 3 is 2.37 bits per heavy atom. The molecule has 1 aliphatic rings. The number of anilines is 1. The van der Waals surface area contributed by atoms with Gasteiger partial charge in [0.15, 0.2) is 9.84 Å². The van der Waals surface area contributed by atoms with Crippen LogP contribution in [0, 0.1) is 0 Å². The van der Waals surface area contributed by atoms with Crippen molar-refractivity contribution in [3.05, 3.63) is 54.4 Å². The number of benzene rings is 1. The summed E-state index contributed by atoms with van der Waals surface area (Å²) in [5.74, 6) is -0.549. The predicted molar refractivity (Wildman–Crippen MR) is 71.4 cm³/mol. The van der Waals surface area contributed by atoms with Crippen LogP contribution in [0.1, 0.15) is 5.56 Å². The second-order valence-corrected chi connectivity index (χ2v) is 6.64. The Labute approximate surface area is 110 Å². The maximum Gasteiger partial charge on any atom is 0.271 e. The first-order valence-corrected chi connectivity index (χ1v) is 7.61. The van der Waals surface area contributed by atoms with E-state index in [1.54, 1.807) is 48.8 Å². The van der Waals surface area contributed by atoms with Crippen molar-refractivity contribution in [2.24, 2.45) is 0 Å². The van der Waals surface area contributed by atoms with Crippen LogP contribution in [-0.4, -0.2) is 25.1 Å². The van der Waals surface area contributed by atoms with E-state index in [2.05, 4.69) is 5.32 Å². The number of hydrogen-bond donors (Lipinski definition) is 1. The van der Waals surface area contributed by atoms with Crippen LogP contribution in [0.4, 0.5) is 5.69 Å². The lowest BCUT2D eigenvalue weighted by Crippen LogP contribution is -2.47. The number of sulfone groups is 1. The number of nitrogens with zero attached hydrogens (tertiary/aromatic N) is 1. The lowest BCUT2D eigenvalue weighted by atomic mass is 10.1. The van der Waals surface area contributed by atoms with Crippen molar-refractivity contribution in [3.8, 4) is 0 Å².